The Hall–Kier alpha value is -1.15. The fourth-order valence-corrected chi connectivity index (χ4v) is 4.15. The lowest BCUT2D eigenvalue weighted by atomic mass is 10.1. The minimum Gasteiger partial charge on any atom is -0.385 e. The monoisotopic (exact) mass is 382 g/mol. The fraction of sp³-hybridized carbons (Fsp3) is 0.737. The first-order valence-corrected chi connectivity index (χ1v) is 10.3. The molecule has 0 saturated carbocycles. The summed E-state index contributed by atoms with van der Waals surface area (Å²) in [4.78, 5) is 10.5. The van der Waals surface area contributed by atoms with Crippen molar-refractivity contribution in [3.8, 4) is 0 Å². The molecular formula is C19H34N4O2S. The standard InChI is InChI=1S/C19H34N4O2S/c1-20-19(21-15-17(22(2)3)18-7-5-14-26-18)23-10-8-16(9-11-23)25-13-6-12-24-4/h5,7,14,16-17H,6,8-13,15H2,1-4H3,(H,20,21). The number of likely N-dealkylation sites (N-methyl/N-ethyl adjacent to an activating group) is 1. The second kappa shape index (κ2) is 11.5. The molecule has 1 fully saturated rings. The fourth-order valence-electron chi connectivity index (χ4n) is 3.23. The zero-order valence-corrected chi connectivity index (χ0v) is 17.4. The molecule has 0 amide bonds. The summed E-state index contributed by atoms with van der Waals surface area (Å²) in [6, 6.07) is 4.67. The number of ether oxygens (including phenoxy) is 2. The van der Waals surface area contributed by atoms with Gasteiger partial charge in [0.1, 0.15) is 0 Å². The van der Waals surface area contributed by atoms with E-state index in [0.29, 0.717) is 12.1 Å². The van der Waals surface area contributed by atoms with Crippen LogP contribution in [-0.2, 0) is 9.47 Å². The molecule has 1 N–H and O–H groups in total. The predicted molar refractivity (Wildman–Crippen MR) is 109 cm³/mol. The average Bonchev–Trinajstić information content (AvgIpc) is 3.17. The quantitative estimate of drug-likeness (QED) is 0.404. The SMILES string of the molecule is CN=C(NCC(c1cccs1)N(C)C)N1CCC(OCCCOC)CC1. The number of nitrogens with one attached hydrogen (secondary N) is 1. The number of hydrogen-bond donors (Lipinski definition) is 1. The van der Waals surface area contributed by atoms with Crippen molar-refractivity contribution in [3.63, 3.8) is 0 Å². The number of thiophene rings is 1. The Bertz CT molecular complexity index is 514. The summed E-state index contributed by atoms with van der Waals surface area (Å²) < 4.78 is 11.0. The second-order valence-electron chi connectivity index (χ2n) is 6.83. The van der Waals surface area contributed by atoms with E-state index in [-0.39, 0.29) is 0 Å². The van der Waals surface area contributed by atoms with Crippen LogP contribution in [0.3, 0.4) is 0 Å². The summed E-state index contributed by atoms with van der Waals surface area (Å²) >= 11 is 1.80. The number of piperidine rings is 1. The van der Waals surface area contributed by atoms with Crippen molar-refractivity contribution in [2.24, 2.45) is 4.99 Å². The highest BCUT2D eigenvalue weighted by atomic mass is 32.1. The zero-order chi connectivity index (χ0) is 18.8. The molecule has 148 valence electrons. The van der Waals surface area contributed by atoms with Crippen LogP contribution in [0.4, 0.5) is 0 Å². The Morgan fingerprint density at radius 1 is 1.38 bits per heavy atom. The molecule has 1 aliphatic rings. The number of aliphatic imine (C=N–C) groups is 1. The van der Waals surface area contributed by atoms with E-state index in [4.69, 9.17) is 9.47 Å². The number of nitrogens with zero attached hydrogens (tertiary/aromatic N) is 3. The van der Waals surface area contributed by atoms with E-state index in [1.165, 1.54) is 4.88 Å². The molecule has 2 rings (SSSR count). The van der Waals surface area contributed by atoms with Gasteiger partial charge >= 0.3 is 0 Å². The molecule has 1 atom stereocenters. The molecule has 0 bridgehead atoms. The maximum absolute atomic E-state index is 5.95. The molecule has 6 nitrogen and oxygen atoms in total. The van der Waals surface area contributed by atoms with E-state index in [0.717, 1.165) is 58.1 Å². The van der Waals surface area contributed by atoms with Gasteiger partial charge in [-0.3, -0.25) is 4.99 Å². The topological polar surface area (TPSA) is 49.3 Å². The van der Waals surface area contributed by atoms with E-state index in [1.807, 2.05) is 7.05 Å². The number of methoxy groups -OCH3 is 1. The molecular weight excluding hydrogens is 348 g/mol. The van der Waals surface area contributed by atoms with E-state index in [1.54, 1.807) is 18.4 Å². The molecule has 0 aromatic carbocycles. The first-order chi connectivity index (χ1) is 12.7. The van der Waals surface area contributed by atoms with Gasteiger partial charge in [-0.25, -0.2) is 0 Å². The molecule has 2 heterocycles. The molecule has 1 saturated heterocycles. The van der Waals surface area contributed by atoms with Crippen LogP contribution in [0.5, 0.6) is 0 Å². The van der Waals surface area contributed by atoms with Crippen LogP contribution < -0.4 is 5.32 Å². The molecule has 1 aromatic heterocycles. The summed E-state index contributed by atoms with van der Waals surface area (Å²) in [5.74, 6) is 0.992. The predicted octanol–water partition coefficient (Wildman–Crippen LogP) is 2.44. The minimum absolute atomic E-state index is 0.355. The van der Waals surface area contributed by atoms with Crippen LogP contribution in [-0.4, -0.2) is 83.0 Å². The number of rotatable bonds is 9. The van der Waals surface area contributed by atoms with Crippen molar-refractivity contribution in [2.75, 3.05) is 61.1 Å². The van der Waals surface area contributed by atoms with Crippen molar-refractivity contribution in [1.29, 1.82) is 0 Å². The molecule has 1 aromatic rings. The van der Waals surface area contributed by atoms with Crippen molar-refractivity contribution >= 4 is 17.3 Å². The van der Waals surface area contributed by atoms with E-state index in [9.17, 15) is 0 Å². The number of likely N-dealkylation sites (tertiary alicyclic amines) is 1. The second-order valence-corrected chi connectivity index (χ2v) is 7.81. The number of hydrogen-bond acceptors (Lipinski definition) is 5. The molecule has 0 radical (unpaired) electrons. The summed E-state index contributed by atoms with van der Waals surface area (Å²) in [5, 5.41) is 5.70. The van der Waals surface area contributed by atoms with Crippen LogP contribution in [0, 0.1) is 0 Å². The minimum atomic E-state index is 0.355. The van der Waals surface area contributed by atoms with E-state index < -0.39 is 0 Å². The summed E-state index contributed by atoms with van der Waals surface area (Å²) in [6.07, 6.45) is 3.43. The van der Waals surface area contributed by atoms with Gasteiger partial charge in [-0.2, -0.15) is 0 Å². The van der Waals surface area contributed by atoms with Gasteiger partial charge in [-0.15, -0.1) is 11.3 Å². The lowest BCUT2D eigenvalue weighted by molar-refractivity contribution is 0.00987. The van der Waals surface area contributed by atoms with Crippen molar-refractivity contribution in [1.82, 2.24) is 15.1 Å². The largest absolute Gasteiger partial charge is 0.385 e. The highest BCUT2D eigenvalue weighted by Gasteiger charge is 2.23. The van der Waals surface area contributed by atoms with Gasteiger partial charge in [0.25, 0.3) is 0 Å². The van der Waals surface area contributed by atoms with Crippen LogP contribution in [0.2, 0.25) is 0 Å². The molecule has 7 heteroatoms. The van der Waals surface area contributed by atoms with E-state index in [2.05, 4.69) is 51.7 Å². The Kier molecular flexibility index (Phi) is 9.39. The van der Waals surface area contributed by atoms with Crippen LogP contribution >= 0.6 is 11.3 Å². The van der Waals surface area contributed by atoms with Gasteiger partial charge < -0.3 is 24.6 Å². The average molecular weight is 383 g/mol. The maximum atomic E-state index is 5.95. The Labute approximate surface area is 162 Å². The smallest absolute Gasteiger partial charge is 0.193 e. The lowest BCUT2D eigenvalue weighted by Crippen LogP contribution is -2.48. The third-order valence-electron chi connectivity index (χ3n) is 4.75. The Balaban J connectivity index is 1.77. The summed E-state index contributed by atoms with van der Waals surface area (Å²) in [6.45, 7) is 4.39. The number of guanidine groups is 1. The van der Waals surface area contributed by atoms with Gasteiger partial charge in [0.15, 0.2) is 5.96 Å². The zero-order valence-electron chi connectivity index (χ0n) is 16.6. The van der Waals surface area contributed by atoms with Gasteiger partial charge in [0.2, 0.25) is 0 Å². The van der Waals surface area contributed by atoms with Crippen LogP contribution in [0.1, 0.15) is 30.2 Å². The van der Waals surface area contributed by atoms with Gasteiger partial charge in [0.05, 0.1) is 12.1 Å². The Morgan fingerprint density at radius 3 is 2.73 bits per heavy atom. The van der Waals surface area contributed by atoms with E-state index >= 15 is 0 Å². The molecule has 0 aliphatic carbocycles. The molecule has 1 aliphatic heterocycles. The van der Waals surface area contributed by atoms with Crippen molar-refractivity contribution in [2.45, 2.75) is 31.4 Å². The maximum Gasteiger partial charge on any atom is 0.193 e. The first-order valence-electron chi connectivity index (χ1n) is 9.41. The van der Waals surface area contributed by atoms with Crippen LogP contribution in [0.25, 0.3) is 0 Å². The van der Waals surface area contributed by atoms with Gasteiger partial charge in [0, 0.05) is 51.9 Å². The molecule has 0 spiro atoms. The highest BCUT2D eigenvalue weighted by molar-refractivity contribution is 7.10. The van der Waals surface area contributed by atoms with Crippen LogP contribution in [0.15, 0.2) is 22.5 Å². The van der Waals surface area contributed by atoms with Crippen molar-refractivity contribution in [3.05, 3.63) is 22.4 Å². The highest BCUT2D eigenvalue weighted by Crippen LogP contribution is 2.22. The van der Waals surface area contributed by atoms with Gasteiger partial charge in [-0.05, 0) is 44.8 Å². The summed E-state index contributed by atoms with van der Waals surface area (Å²) in [5.41, 5.74) is 0. The van der Waals surface area contributed by atoms with Crippen molar-refractivity contribution < 1.29 is 9.47 Å². The van der Waals surface area contributed by atoms with Gasteiger partial charge in [-0.1, -0.05) is 6.07 Å². The first kappa shape index (κ1) is 21.2. The lowest BCUT2D eigenvalue weighted by Gasteiger charge is -2.35. The third kappa shape index (κ3) is 6.54. The Morgan fingerprint density at radius 2 is 2.15 bits per heavy atom. The third-order valence-corrected chi connectivity index (χ3v) is 5.72. The molecule has 1 unspecified atom stereocenters. The summed E-state index contributed by atoms with van der Waals surface area (Å²) in [7, 11) is 7.85. The normalized spacial score (nSPS) is 17.7. The molecule has 26 heavy (non-hydrogen) atoms.